The van der Waals surface area contributed by atoms with Crippen molar-refractivity contribution in [3.63, 3.8) is 0 Å². The standard InChI is InChI=1S/C23H21F4N3O3/c24-16-8-6-15(7-9-16)19-29-18(17-5-1-4-12-30(17)19)20(31)28-13-22(10-2-3-11-22)14-33-21(32)23(25,26)27/h1,4-9,12H,2-3,10-11,13-14H2,(H,28,31). The summed E-state index contributed by atoms with van der Waals surface area (Å²) in [5.74, 6) is -2.68. The highest BCUT2D eigenvalue weighted by Gasteiger charge is 2.43. The number of nitrogens with one attached hydrogen (secondary N) is 1. The fourth-order valence-electron chi connectivity index (χ4n) is 4.16. The Morgan fingerprint density at radius 1 is 1.09 bits per heavy atom. The molecule has 10 heteroatoms. The van der Waals surface area contributed by atoms with E-state index < -0.39 is 35.9 Å². The topological polar surface area (TPSA) is 72.7 Å². The number of halogens is 4. The van der Waals surface area contributed by atoms with E-state index in [0.29, 0.717) is 29.7 Å². The highest BCUT2D eigenvalue weighted by atomic mass is 19.4. The molecule has 0 radical (unpaired) electrons. The van der Waals surface area contributed by atoms with Gasteiger partial charge >= 0.3 is 12.1 Å². The van der Waals surface area contributed by atoms with Gasteiger partial charge in [-0.15, -0.1) is 0 Å². The molecule has 0 saturated heterocycles. The predicted molar refractivity (Wildman–Crippen MR) is 111 cm³/mol. The van der Waals surface area contributed by atoms with Crippen LogP contribution in [0.3, 0.4) is 0 Å². The number of rotatable bonds is 6. The zero-order valence-corrected chi connectivity index (χ0v) is 17.5. The van der Waals surface area contributed by atoms with Crippen molar-refractivity contribution in [2.24, 2.45) is 5.41 Å². The van der Waals surface area contributed by atoms with Crippen LogP contribution in [0, 0.1) is 11.2 Å². The maximum atomic E-state index is 13.3. The minimum absolute atomic E-state index is 0.0503. The molecule has 174 valence electrons. The second-order valence-corrected chi connectivity index (χ2v) is 8.21. The summed E-state index contributed by atoms with van der Waals surface area (Å²) in [6, 6.07) is 10.9. The molecule has 1 saturated carbocycles. The first-order chi connectivity index (χ1) is 15.7. The van der Waals surface area contributed by atoms with Gasteiger partial charge in [-0.25, -0.2) is 14.2 Å². The molecule has 1 N–H and O–H groups in total. The molecule has 0 aliphatic heterocycles. The highest BCUT2D eigenvalue weighted by Crippen LogP contribution is 2.38. The molecular weight excluding hydrogens is 442 g/mol. The Labute approximate surface area is 186 Å². The van der Waals surface area contributed by atoms with Crippen LogP contribution in [0.15, 0.2) is 48.7 Å². The van der Waals surface area contributed by atoms with Crippen LogP contribution in [0.2, 0.25) is 0 Å². The summed E-state index contributed by atoms with van der Waals surface area (Å²) in [4.78, 5) is 28.6. The van der Waals surface area contributed by atoms with Gasteiger partial charge in [-0.2, -0.15) is 13.2 Å². The number of pyridine rings is 1. The lowest BCUT2D eigenvalue weighted by Gasteiger charge is -2.28. The Hall–Kier alpha value is -3.43. The number of amides is 1. The second kappa shape index (κ2) is 8.84. The van der Waals surface area contributed by atoms with E-state index in [-0.39, 0.29) is 12.2 Å². The van der Waals surface area contributed by atoms with E-state index in [4.69, 9.17) is 0 Å². The average Bonchev–Trinajstić information content (AvgIpc) is 3.41. The van der Waals surface area contributed by atoms with E-state index in [2.05, 4.69) is 15.0 Å². The van der Waals surface area contributed by atoms with Crippen molar-refractivity contribution in [2.75, 3.05) is 13.2 Å². The molecule has 1 fully saturated rings. The Bertz CT molecular complexity index is 1170. The molecule has 1 aliphatic carbocycles. The molecule has 33 heavy (non-hydrogen) atoms. The summed E-state index contributed by atoms with van der Waals surface area (Å²) in [5, 5.41) is 2.76. The lowest BCUT2D eigenvalue weighted by atomic mass is 9.87. The first-order valence-electron chi connectivity index (χ1n) is 10.4. The van der Waals surface area contributed by atoms with E-state index in [1.54, 1.807) is 40.9 Å². The molecule has 1 amide bonds. The van der Waals surface area contributed by atoms with Crippen LogP contribution in [0.25, 0.3) is 16.9 Å². The third kappa shape index (κ3) is 4.84. The number of alkyl halides is 3. The molecule has 1 aromatic carbocycles. The average molecular weight is 463 g/mol. The minimum Gasteiger partial charge on any atom is -0.458 e. The SMILES string of the molecule is O=C(NCC1(COC(=O)C(F)(F)F)CCCC1)c1nc(-c2ccc(F)cc2)n2ccccc12. The fourth-order valence-corrected chi connectivity index (χ4v) is 4.16. The summed E-state index contributed by atoms with van der Waals surface area (Å²) >= 11 is 0. The first-order valence-corrected chi connectivity index (χ1v) is 10.4. The number of benzene rings is 1. The molecular formula is C23H21F4N3O3. The largest absolute Gasteiger partial charge is 0.490 e. The molecule has 0 atom stereocenters. The zero-order valence-electron chi connectivity index (χ0n) is 17.5. The van der Waals surface area contributed by atoms with Gasteiger partial charge in [-0.05, 0) is 49.2 Å². The third-order valence-electron chi connectivity index (χ3n) is 5.89. The number of carbonyl (C=O) groups is 2. The van der Waals surface area contributed by atoms with Crippen molar-refractivity contribution >= 4 is 17.4 Å². The van der Waals surface area contributed by atoms with Crippen molar-refractivity contribution < 1.29 is 31.9 Å². The predicted octanol–water partition coefficient (Wildman–Crippen LogP) is 4.54. The van der Waals surface area contributed by atoms with Crippen LogP contribution in [0.4, 0.5) is 17.6 Å². The summed E-state index contributed by atoms with van der Waals surface area (Å²) in [6.45, 7) is -0.370. The van der Waals surface area contributed by atoms with Gasteiger partial charge in [-0.3, -0.25) is 9.20 Å². The number of imidazole rings is 1. The van der Waals surface area contributed by atoms with Gasteiger partial charge in [0.05, 0.1) is 12.1 Å². The van der Waals surface area contributed by atoms with Gasteiger partial charge < -0.3 is 10.1 Å². The Morgan fingerprint density at radius 3 is 2.45 bits per heavy atom. The number of aromatic nitrogens is 2. The van der Waals surface area contributed by atoms with E-state index in [1.807, 2.05) is 0 Å². The number of fused-ring (bicyclic) bond motifs is 1. The normalized spacial score (nSPS) is 15.5. The number of hydrogen-bond acceptors (Lipinski definition) is 4. The fraction of sp³-hybridized carbons (Fsp3) is 0.348. The molecule has 4 rings (SSSR count). The van der Waals surface area contributed by atoms with Gasteiger partial charge in [0.2, 0.25) is 0 Å². The monoisotopic (exact) mass is 463 g/mol. The Balaban J connectivity index is 1.54. The summed E-state index contributed by atoms with van der Waals surface area (Å²) in [5.41, 5.74) is 0.517. The maximum absolute atomic E-state index is 13.3. The maximum Gasteiger partial charge on any atom is 0.490 e. The lowest BCUT2D eigenvalue weighted by Crippen LogP contribution is -2.41. The van der Waals surface area contributed by atoms with Crippen LogP contribution in [-0.2, 0) is 9.53 Å². The Kier molecular flexibility index (Phi) is 6.09. The molecule has 3 aromatic rings. The van der Waals surface area contributed by atoms with E-state index >= 15 is 0 Å². The van der Waals surface area contributed by atoms with E-state index in [9.17, 15) is 27.2 Å². The summed E-state index contributed by atoms with van der Waals surface area (Å²) in [6.07, 6.45) is -0.739. The first kappa shape index (κ1) is 22.8. The molecule has 6 nitrogen and oxygen atoms in total. The minimum atomic E-state index is -5.06. The molecule has 0 spiro atoms. The van der Waals surface area contributed by atoms with Crippen LogP contribution < -0.4 is 5.32 Å². The van der Waals surface area contributed by atoms with Gasteiger partial charge in [0, 0.05) is 23.7 Å². The van der Waals surface area contributed by atoms with E-state index in [0.717, 1.165) is 12.8 Å². The quantitative estimate of drug-likeness (QED) is 0.431. The number of ether oxygens (including phenoxy) is 1. The molecule has 1 aliphatic rings. The third-order valence-corrected chi connectivity index (χ3v) is 5.89. The van der Waals surface area contributed by atoms with Crippen molar-refractivity contribution in [3.8, 4) is 11.4 Å². The van der Waals surface area contributed by atoms with Crippen molar-refractivity contribution in [2.45, 2.75) is 31.9 Å². The number of nitrogens with zero attached hydrogens (tertiary/aromatic N) is 2. The molecule has 0 unspecified atom stereocenters. The molecule has 2 heterocycles. The molecule has 0 bridgehead atoms. The summed E-state index contributed by atoms with van der Waals surface area (Å²) < 4.78 is 57.1. The van der Waals surface area contributed by atoms with Gasteiger partial charge in [0.1, 0.15) is 11.6 Å². The van der Waals surface area contributed by atoms with Gasteiger partial charge in [-0.1, -0.05) is 18.9 Å². The van der Waals surface area contributed by atoms with Crippen molar-refractivity contribution in [1.82, 2.24) is 14.7 Å². The van der Waals surface area contributed by atoms with Crippen LogP contribution in [0.5, 0.6) is 0 Å². The van der Waals surface area contributed by atoms with Crippen molar-refractivity contribution in [1.29, 1.82) is 0 Å². The lowest BCUT2D eigenvalue weighted by molar-refractivity contribution is -0.202. The molecule has 2 aromatic heterocycles. The highest BCUT2D eigenvalue weighted by molar-refractivity contribution is 6.00. The number of carbonyl (C=O) groups excluding carboxylic acids is 2. The van der Waals surface area contributed by atoms with Gasteiger partial charge in [0.25, 0.3) is 5.91 Å². The van der Waals surface area contributed by atoms with Crippen LogP contribution >= 0.6 is 0 Å². The van der Waals surface area contributed by atoms with E-state index in [1.165, 1.54) is 12.1 Å². The second-order valence-electron chi connectivity index (χ2n) is 8.21. The Morgan fingerprint density at radius 2 is 1.79 bits per heavy atom. The number of hydrogen-bond donors (Lipinski definition) is 1. The van der Waals surface area contributed by atoms with Gasteiger partial charge in [0.15, 0.2) is 5.69 Å². The van der Waals surface area contributed by atoms with Crippen molar-refractivity contribution in [3.05, 3.63) is 60.2 Å². The summed E-state index contributed by atoms with van der Waals surface area (Å²) in [7, 11) is 0. The van der Waals surface area contributed by atoms with Crippen LogP contribution in [0.1, 0.15) is 36.2 Å². The smallest absolute Gasteiger partial charge is 0.458 e. The zero-order chi connectivity index (χ0) is 23.6. The van der Waals surface area contributed by atoms with Crippen LogP contribution in [-0.4, -0.2) is 40.6 Å². The number of esters is 1.